The van der Waals surface area contributed by atoms with Crippen LogP contribution in [0.5, 0.6) is 0 Å². The van der Waals surface area contributed by atoms with Crippen LogP contribution in [0.3, 0.4) is 0 Å². The van der Waals surface area contributed by atoms with Gasteiger partial charge in [0.25, 0.3) is 0 Å². The molecule has 5 heteroatoms. The smallest absolute Gasteiger partial charge is 0.191 e. The van der Waals surface area contributed by atoms with Crippen molar-refractivity contribution >= 4 is 11.6 Å². The van der Waals surface area contributed by atoms with Gasteiger partial charge in [0.1, 0.15) is 0 Å². The lowest BCUT2D eigenvalue weighted by molar-refractivity contribution is 0.167. The van der Waals surface area contributed by atoms with E-state index in [0.29, 0.717) is 12.1 Å². The molecule has 26 heavy (non-hydrogen) atoms. The number of nitrogens with one attached hydrogen (secondary N) is 2. The van der Waals surface area contributed by atoms with Gasteiger partial charge in [-0.1, -0.05) is 24.3 Å². The Bertz CT molecular complexity index is 604. The minimum absolute atomic E-state index is 0.515. The summed E-state index contributed by atoms with van der Waals surface area (Å²) in [6.45, 7) is 9.72. The normalized spacial score (nSPS) is 19.4. The molecule has 0 atom stereocenters. The highest BCUT2D eigenvalue weighted by molar-refractivity contribution is 5.80. The molecule has 2 aliphatic heterocycles. The van der Waals surface area contributed by atoms with E-state index in [1.807, 2.05) is 7.05 Å². The lowest BCUT2D eigenvalue weighted by atomic mass is 10.0. The highest BCUT2D eigenvalue weighted by Crippen LogP contribution is 2.17. The summed E-state index contributed by atoms with van der Waals surface area (Å²) in [5.41, 5.74) is 2.57. The highest BCUT2D eigenvalue weighted by Gasteiger charge is 2.21. The first-order valence-electron chi connectivity index (χ1n) is 9.86. The van der Waals surface area contributed by atoms with E-state index in [-0.39, 0.29) is 0 Å². The van der Waals surface area contributed by atoms with Gasteiger partial charge >= 0.3 is 0 Å². The molecule has 0 saturated carbocycles. The highest BCUT2D eigenvalue weighted by atomic mass is 15.2. The lowest BCUT2D eigenvalue weighted by Gasteiger charge is -2.35. The van der Waals surface area contributed by atoms with Crippen LogP contribution in [-0.2, 0) is 6.54 Å². The van der Waals surface area contributed by atoms with Crippen LogP contribution in [0.2, 0.25) is 0 Å². The third kappa shape index (κ3) is 5.01. The predicted molar refractivity (Wildman–Crippen MR) is 111 cm³/mol. The molecular formula is C21H33N5. The second-order valence-corrected chi connectivity index (χ2v) is 7.52. The summed E-state index contributed by atoms with van der Waals surface area (Å²) in [5, 5.41) is 7.04. The number of aliphatic imine (C=N–C) groups is 1. The fraction of sp³-hybridized carbons (Fsp3) is 0.571. The molecule has 0 unspecified atom stereocenters. The second-order valence-electron chi connectivity index (χ2n) is 7.52. The fourth-order valence-electron chi connectivity index (χ4n) is 3.65. The van der Waals surface area contributed by atoms with Crippen molar-refractivity contribution in [3.63, 3.8) is 0 Å². The summed E-state index contributed by atoms with van der Waals surface area (Å²) in [7, 11) is 1.85. The molecule has 2 aliphatic rings. The Morgan fingerprint density at radius 2 is 1.77 bits per heavy atom. The van der Waals surface area contributed by atoms with Crippen LogP contribution in [0.25, 0.3) is 0 Å². The van der Waals surface area contributed by atoms with E-state index >= 15 is 0 Å². The van der Waals surface area contributed by atoms with Crippen molar-refractivity contribution in [1.29, 1.82) is 0 Å². The Balaban J connectivity index is 1.44. The van der Waals surface area contributed by atoms with Crippen molar-refractivity contribution in [3.05, 3.63) is 42.0 Å². The molecule has 0 bridgehead atoms. The maximum Gasteiger partial charge on any atom is 0.191 e. The van der Waals surface area contributed by atoms with Gasteiger partial charge in [-0.05, 0) is 44.4 Å². The maximum absolute atomic E-state index is 4.40. The summed E-state index contributed by atoms with van der Waals surface area (Å²) in [4.78, 5) is 9.31. The zero-order valence-corrected chi connectivity index (χ0v) is 16.4. The molecule has 1 aromatic rings. The third-order valence-electron chi connectivity index (χ3n) is 5.40. The largest absolute Gasteiger partial charge is 0.364 e. The van der Waals surface area contributed by atoms with Gasteiger partial charge in [-0.15, -0.1) is 0 Å². The van der Waals surface area contributed by atoms with E-state index in [1.165, 1.54) is 37.2 Å². The monoisotopic (exact) mass is 355 g/mol. The zero-order chi connectivity index (χ0) is 18.4. The number of piperidine rings is 1. The van der Waals surface area contributed by atoms with Crippen LogP contribution < -0.4 is 15.5 Å². The first kappa shape index (κ1) is 18.8. The maximum atomic E-state index is 4.40. The Morgan fingerprint density at radius 1 is 1.12 bits per heavy atom. The molecule has 0 amide bonds. The molecule has 3 rings (SSSR count). The number of nitrogens with zero attached hydrogens (tertiary/aromatic N) is 3. The van der Waals surface area contributed by atoms with Crippen LogP contribution in [0, 0.1) is 0 Å². The van der Waals surface area contributed by atoms with Gasteiger partial charge in [0.05, 0.1) is 0 Å². The number of benzene rings is 1. The quantitative estimate of drug-likeness (QED) is 0.484. The third-order valence-corrected chi connectivity index (χ3v) is 5.40. The van der Waals surface area contributed by atoms with Gasteiger partial charge in [0.2, 0.25) is 0 Å². The van der Waals surface area contributed by atoms with Crippen molar-refractivity contribution in [1.82, 2.24) is 15.5 Å². The van der Waals surface area contributed by atoms with Crippen LogP contribution in [-0.4, -0.2) is 56.2 Å². The van der Waals surface area contributed by atoms with Crippen LogP contribution >= 0.6 is 0 Å². The van der Waals surface area contributed by atoms with E-state index in [9.17, 15) is 0 Å². The SMILES string of the molecule is CN=C(NCc1ccc(N2CC=CC2)cc1)NC1CCN(C(C)C)CC1. The zero-order valence-electron chi connectivity index (χ0n) is 16.4. The minimum Gasteiger partial charge on any atom is -0.364 e. The molecule has 1 fully saturated rings. The van der Waals surface area contributed by atoms with E-state index in [2.05, 4.69) is 75.7 Å². The average Bonchev–Trinajstić information content (AvgIpc) is 3.20. The number of anilines is 1. The first-order chi connectivity index (χ1) is 12.7. The Labute approximate surface area is 158 Å². The van der Waals surface area contributed by atoms with Crippen molar-refractivity contribution in [2.45, 2.75) is 45.3 Å². The van der Waals surface area contributed by atoms with Gasteiger partial charge in [0, 0.05) is 57.5 Å². The number of rotatable bonds is 5. The summed E-state index contributed by atoms with van der Waals surface area (Å²) in [5.74, 6) is 0.904. The van der Waals surface area contributed by atoms with E-state index in [1.54, 1.807) is 0 Å². The van der Waals surface area contributed by atoms with Gasteiger partial charge in [-0.25, -0.2) is 0 Å². The Morgan fingerprint density at radius 3 is 2.35 bits per heavy atom. The first-order valence-corrected chi connectivity index (χ1v) is 9.86. The topological polar surface area (TPSA) is 42.9 Å². The summed E-state index contributed by atoms with van der Waals surface area (Å²) >= 11 is 0. The van der Waals surface area contributed by atoms with Crippen LogP contribution in [0.15, 0.2) is 41.4 Å². The van der Waals surface area contributed by atoms with Crippen molar-refractivity contribution < 1.29 is 0 Å². The molecular weight excluding hydrogens is 322 g/mol. The molecule has 5 nitrogen and oxygen atoms in total. The van der Waals surface area contributed by atoms with Crippen LogP contribution in [0.1, 0.15) is 32.3 Å². The molecule has 0 spiro atoms. The van der Waals surface area contributed by atoms with E-state index in [0.717, 1.165) is 25.6 Å². The molecule has 1 saturated heterocycles. The van der Waals surface area contributed by atoms with Gasteiger partial charge in [0.15, 0.2) is 5.96 Å². The van der Waals surface area contributed by atoms with Crippen molar-refractivity contribution in [2.75, 3.05) is 38.1 Å². The molecule has 2 heterocycles. The summed E-state index contributed by atoms with van der Waals surface area (Å²) in [6.07, 6.45) is 6.79. The Kier molecular flexibility index (Phi) is 6.56. The standard InChI is InChI=1S/C21H33N5/c1-17(2)25-14-10-19(11-15-25)24-21(22-3)23-16-18-6-8-20(9-7-18)26-12-4-5-13-26/h4-9,17,19H,10-16H2,1-3H3,(H2,22,23,24). The fourth-order valence-corrected chi connectivity index (χ4v) is 3.65. The van der Waals surface area contributed by atoms with E-state index < -0.39 is 0 Å². The summed E-state index contributed by atoms with van der Waals surface area (Å²) in [6, 6.07) is 9.99. The molecule has 0 aliphatic carbocycles. The average molecular weight is 356 g/mol. The second kappa shape index (κ2) is 9.08. The van der Waals surface area contributed by atoms with Crippen molar-refractivity contribution in [2.24, 2.45) is 4.99 Å². The number of likely N-dealkylation sites (tertiary alicyclic amines) is 1. The lowest BCUT2D eigenvalue weighted by Crippen LogP contribution is -2.49. The predicted octanol–water partition coefficient (Wildman–Crippen LogP) is 2.60. The number of guanidine groups is 1. The van der Waals surface area contributed by atoms with Crippen molar-refractivity contribution in [3.8, 4) is 0 Å². The molecule has 2 N–H and O–H groups in total. The Hall–Kier alpha value is -2.01. The van der Waals surface area contributed by atoms with Gasteiger partial charge < -0.3 is 20.4 Å². The van der Waals surface area contributed by atoms with E-state index in [4.69, 9.17) is 0 Å². The molecule has 0 aromatic heterocycles. The molecule has 1 aromatic carbocycles. The number of hydrogen-bond donors (Lipinski definition) is 2. The number of hydrogen-bond acceptors (Lipinski definition) is 3. The molecule has 0 radical (unpaired) electrons. The van der Waals surface area contributed by atoms with Gasteiger partial charge in [-0.3, -0.25) is 4.99 Å². The van der Waals surface area contributed by atoms with Gasteiger partial charge in [-0.2, -0.15) is 0 Å². The molecule has 142 valence electrons. The summed E-state index contributed by atoms with van der Waals surface area (Å²) < 4.78 is 0. The minimum atomic E-state index is 0.515. The van der Waals surface area contributed by atoms with Crippen LogP contribution in [0.4, 0.5) is 5.69 Å².